The Balaban J connectivity index is 1.87. The molecule has 4 heteroatoms. The van der Waals surface area contributed by atoms with E-state index in [1.54, 1.807) is 17.8 Å². The molecule has 1 heterocycles. The predicted octanol–water partition coefficient (Wildman–Crippen LogP) is 5.40. The minimum atomic E-state index is -0.355. The molecule has 0 saturated carbocycles. The van der Waals surface area contributed by atoms with Crippen molar-refractivity contribution in [1.29, 1.82) is 0 Å². The van der Waals surface area contributed by atoms with E-state index in [1.807, 2.05) is 60.7 Å². The van der Waals surface area contributed by atoms with Gasteiger partial charge in [-0.3, -0.25) is 0 Å². The van der Waals surface area contributed by atoms with E-state index in [2.05, 4.69) is 0 Å². The van der Waals surface area contributed by atoms with Gasteiger partial charge in [0.05, 0.1) is 22.5 Å². The second kappa shape index (κ2) is 6.06. The first-order valence-electron chi connectivity index (χ1n) is 7.53. The van der Waals surface area contributed by atoms with Crippen molar-refractivity contribution in [3.63, 3.8) is 0 Å². The smallest absolute Gasteiger partial charge is 0.338 e. The molecule has 0 N–H and O–H groups in total. The van der Waals surface area contributed by atoms with Gasteiger partial charge in [0.25, 0.3) is 0 Å². The molecule has 3 aromatic carbocycles. The molecule has 3 nitrogen and oxygen atoms in total. The van der Waals surface area contributed by atoms with Crippen LogP contribution in [0.3, 0.4) is 0 Å². The minimum absolute atomic E-state index is 0.355. The average Bonchev–Trinajstić information content (AvgIpc) is 2.65. The summed E-state index contributed by atoms with van der Waals surface area (Å²) in [6.45, 7) is 0. The lowest BCUT2D eigenvalue weighted by atomic mass is 9.99. The summed E-state index contributed by atoms with van der Waals surface area (Å²) in [5, 5.41) is 0. The molecule has 0 unspecified atom stereocenters. The van der Waals surface area contributed by atoms with Gasteiger partial charge < -0.3 is 9.47 Å². The molecule has 0 fully saturated rings. The van der Waals surface area contributed by atoms with Gasteiger partial charge in [0.1, 0.15) is 11.5 Å². The van der Waals surface area contributed by atoms with Gasteiger partial charge in [0.2, 0.25) is 0 Å². The Morgan fingerprint density at radius 2 is 1.58 bits per heavy atom. The van der Waals surface area contributed by atoms with E-state index in [0.29, 0.717) is 5.56 Å². The van der Waals surface area contributed by atoms with Crippen molar-refractivity contribution in [2.45, 2.75) is 9.79 Å². The van der Waals surface area contributed by atoms with Gasteiger partial charge in [-0.25, -0.2) is 4.79 Å². The SMILES string of the molecule is COC(=O)c1ccccc1-c1cccc2c1Oc1ccccc1S2. The molecular formula is C20H14O3S. The van der Waals surface area contributed by atoms with E-state index in [1.165, 1.54) is 7.11 Å². The van der Waals surface area contributed by atoms with Gasteiger partial charge in [-0.05, 0) is 29.8 Å². The zero-order chi connectivity index (χ0) is 16.5. The van der Waals surface area contributed by atoms with Gasteiger partial charge >= 0.3 is 5.97 Å². The zero-order valence-corrected chi connectivity index (χ0v) is 13.8. The van der Waals surface area contributed by atoms with Gasteiger partial charge in [-0.15, -0.1) is 0 Å². The van der Waals surface area contributed by atoms with E-state index in [0.717, 1.165) is 32.4 Å². The van der Waals surface area contributed by atoms with Gasteiger partial charge in [-0.2, -0.15) is 0 Å². The third-order valence-electron chi connectivity index (χ3n) is 3.88. The first kappa shape index (κ1) is 14.8. The maximum Gasteiger partial charge on any atom is 0.338 e. The maximum atomic E-state index is 12.1. The quantitative estimate of drug-likeness (QED) is 0.460. The van der Waals surface area contributed by atoms with Crippen LogP contribution in [-0.2, 0) is 4.74 Å². The van der Waals surface area contributed by atoms with Crippen molar-refractivity contribution in [2.75, 3.05) is 7.11 Å². The van der Waals surface area contributed by atoms with Crippen LogP contribution in [0, 0.1) is 0 Å². The topological polar surface area (TPSA) is 35.5 Å². The van der Waals surface area contributed by atoms with Crippen LogP contribution < -0.4 is 4.74 Å². The van der Waals surface area contributed by atoms with Crippen LogP contribution in [0.25, 0.3) is 11.1 Å². The normalized spacial score (nSPS) is 11.9. The number of methoxy groups -OCH3 is 1. The van der Waals surface area contributed by atoms with Crippen molar-refractivity contribution < 1.29 is 14.3 Å². The lowest BCUT2D eigenvalue weighted by Gasteiger charge is -2.22. The number of hydrogen-bond donors (Lipinski definition) is 0. The molecular weight excluding hydrogens is 320 g/mol. The van der Waals surface area contributed by atoms with Crippen molar-refractivity contribution in [1.82, 2.24) is 0 Å². The Morgan fingerprint density at radius 3 is 2.46 bits per heavy atom. The Labute approximate surface area is 144 Å². The minimum Gasteiger partial charge on any atom is -0.465 e. The molecule has 24 heavy (non-hydrogen) atoms. The summed E-state index contributed by atoms with van der Waals surface area (Å²) in [7, 11) is 1.39. The highest BCUT2D eigenvalue weighted by molar-refractivity contribution is 7.99. The lowest BCUT2D eigenvalue weighted by molar-refractivity contribution is 0.0601. The average molecular weight is 334 g/mol. The van der Waals surface area contributed by atoms with Crippen molar-refractivity contribution >= 4 is 17.7 Å². The van der Waals surface area contributed by atoms with E-state index >= 15 is 0 Å². The largest absolute Gasteiger partial charge is 0.465 e. The molecule has 0 radical (unpaired) electrons. The summed E-state index contributed by atoms with van der Waals surface area (Å²) >= 11 is 1.67. The van der Waals surface area contributed by atoms with Crippen LogP contribution >= 0.6 is 11.8 Å². The number of para-hydroxylation sites is 2. The highest BCUT2D eigenvalue weighted by Gasteiger charge is 2.23. The number of ether oxygens (including phenoxy) is 2. The highest BCUT2D eigenvalue weighted by Crippen LogP contribution is 2.50. The second-order valence-electron chi connectivity index (χ2n) is 5.32. The van der Waals surface area contributed by atoms with Crippen LogP contribution in [0.1, 0.15) is 10.4 Å². The molecule has 0 bridgehead atoms. The monoisotopic (exact) mass is 334 g/mol. The molecule has 0 saturated heterocycles. The number of rotatable bonds is 2. The van der Waals surface area contributed by atoms with Crippen LogP contribution in [0.5, 0.6) is 11.5 Å². The molecule has 0 aromatic heterocycles. The number of esters is 1. The van der Waals surface area contributed by atoms with Crippen LogP contribution in [0.15, 0.2) is 76.5 Å². The fourth-order valence-corrected chi connectivity index (χ4v) is 3.75. The Bertz CT molecular complexity index is 934. The highest BCUT2D eigenvalue weighted by atomic mass is 32.2. The van der Waals surface area contributed by atoms with E-state index in [4.69, 9.17) is 9.47 Å². The summed E-state index contributed by atoms with van der Waals surface area (Å²) in [5.74, 6) is 1.25. The molecule has 0 amide bonds. The first-order chi connectivity index (χ1) is 11.8. The second-order valence-corrected chi connectivity index (χ2v) is 6.40. The maximum absolute atomic E-state index is 12.1. The van der Waals surface area contributed by atoms with Gasteiger partial charge in [0.15, 0.2) is 0 Å². The van der Waals surface area contributed by atoms with E-state index in [-0.39, 0.29) is 5.97 Å². The standard InChI is InChI=1S/C20H14O3S/c1-22-20(21)15-8-3-2-7-13(15)14-9-6-12-18-19(14)23-16-10-4-5-11-17(16)24-18/h2-12H,1H3. The summed E-state index contributed by atoms with van der Waals surface area (Å²) < 4.78 is 11.1. The third-order valence-corrected chi connectivity index (χ3v) is 4.98. The molecule has 3 aromatic rings. The summed E-state index contributed by atoms with van der Waals surface area (Å²) in [6.07, 6.45) is 0. The van der Waals surface area contributed by atoms with Crippen molar-refractivity contribution in [2.24, 2.45) is 0 Å². The molecule has 1 aliphatic rings. The van der Waals surface area contributed by atoms with Crippen LogP contribution in [-0.4, -0.2) is 13.1 Å². The number of benzene rings is 3. The lowest BCUT2D eigenvalue weighted by Crippen LogP contribution is -2.04. The summed E-state index contributed by atoms with van der Waals surface area (Å²) in [6, 6.07) is 21.3. The molecule has 0 aliphatic carbocycles. The van der Waals surface area contributed by atoms with Crippen molar-refractivity contribution in [3.05, 3.63) is 72.3 Å². The summed E-state index contributed by atoms with van der Waals surface area (Å²) in [5.41, 5.74) is 2.22. The Kier molecular flexibility index (Phi) is 3.75. The predicted molar refractivity (Wildman–Crippen MR) is 93.9 cm³/mol. The fourth-order valence-electron chi connectivity index (χ4n) is 2.77. The molecule has 0 spiro atoms. The summed E-state index contributed by atoms with van der Waals surface area (Å²) in [4.78, 5) is 14.2. The number of carbonyl (C=O) groups is 1. The van der Waals surface area contributed by atoms with Gasteiger partial charge in [0, 0.05) is 5.56 Å². The van der Waals surface area contributed by atoms with Crippen LogP contribution in [0.2, 0.25) is 0 Å². The van der Waals surface area contributed by atoms with E-state index < -0.39 is 0 Å². The molecule has 4 rings (SSSR count). The van der Waals surface area contributed by atoms with Gasteiger partial charge in [-0.1, -0.05) is 54.2 Å². The zero-order valence-electron chi connectivity index (χ0n) is 13.0. The molecule has 118 valence electrons. The third kappa shape index (κ3) is 2.45. The fraction of sp³-hybridized carbons (Fsp3) is 0.0500. The number of hydrogen-bond acceptors (Lipinski definition) is 4. The molecule has 1 aliphatic heterocycles. The van der Waals surface area contributed by atoms with Crippen LogP contribution in [0.4, 0.5) is 0 Å². The van der Waals surface area contributed by atoms with E-state index in [9.17, 15) is 4.79 Å². The molecule has 0 atom stereocenters. The first-order valence-corrected chi connectivity index (χ1v) is 8.35. The number of carbonyl (C=O) groups excluding carboxylic acids is 1. The Morgan fingerprint density at radius 1 is 0.875 bits per heavy atom. The number of fused-ring (bicyclic) bond motifs is 2. The Hall–Kier alpha value is -2.72. The van der Waals surface area contributed by atoms with Crippen molar-refractivity contribution in [3.8, 4) is 22.6 Å².